The van der Waals surface area contributed by atoms with Crippen LogP contribution in [0.1, 0.15) is 35.2 Å². The van der Waals surface area contributed by atoms with Gasteiger partial charge in [-0.15, -0.1) is 0 Å². The first-order valence-corrected chi connectivity index (χ1v) is 10.7. The standard InChI is InChI=1S/C26H27N3O2/c27-22-14-13-21(19-5-2-1-3-6-19)17-24(22)29-26(31)20-11-8-18(9-12-20)10-15-25(30)23-7-4-16-28-23/h1-3,5-6,8-9,11-14,17,23,28H,4,7,10,15-16,27H2,(H,29,31)/t23-/m0/s1. The van der Waals surface area contributed by atoms with E-state index < -0.39 is 0 Å². The normalized spacial score (nSPS) is 15.5. The van der Waals surface area contributed by atoms with Crippen molar-refractivity contribution in [1.29, 1.82) is 0 Å². The van der Waals surface area contributed by atoms with Gasteiger partial charge in [-0.25, -0.2) is 0 Å². The summed E-state index contributed by atoms with van der Waals surface area (Å²) in [4.78, 5) is 25.0. The SMILES string of the molecule is Nc1ccc(-c2ccccc2)cc1NC(=O)c1ccc(CCC(=O)[C@@H]2CCCN2)cc1. The van der Waals surface area contributed by atoms with Crippen molar-refractivity contribution in [2.75, 3.05) is 17.6 Å². The number of hydrogen-bond acceptors (Lipinski definition) is 4. The van der Waals surface area contributed by atoms with Gasteiger partial charge in [0, 0.05) is 12.0 Å². The Balaban J connectivity index is 1.39. The molecule has 0 aromatic heterocycles. The van der Waals surface area contributed by atoms with Crippen LogP contribution in [0.5, 0.6) is 0 Å². The van der Waals surface area contributed by atoms with Gasteiger partial charge in [0.2, 0.25) is 0 Å². The van der Waals surface area contributed by atoms with Crippen molar-refractivity contribution in [2.24, 2.45) is 0 Å². The molecule has 4 N–H and O–H groups in total. The quantitative estimate of drug-likeness (QED) is 0.500. The summed E-state index contributed by atoms with van der Waals surface area (Å²) in [6.45, 7) is 0.930. The number of carbonyl (C=O) groups is 2. The topological polar surface area (TPSA) is 84.2 Å². The van der Waals surface area contributed by atoms with Crippen LogP contribution in [0.25, 0.3) is 11.1 Å². The van der Waals surface area contributed by atoms with Gasteiger partial charge < -0.3 is 16.4 Å². The predicted octanol–water partition coefficient (Wildman–Crippen LogP) is 4.44. The van der Waals surface area contributed by atoms with Gasteiger partial charge in [0.1, 0.15) is 5.78 Å². The number of Topliss-reactive ketones (excluding diaryl/α,β-unsaturated/α-hetero) is 1. The fourth-order valence-electron chi connectivity index (χ4n) is 3.89. The van der Waals surface area contributed by atoms with E-state index in [1.54, 1.807) is 18.2 Å². The van der Waals surface area contributed by atoms with Gasteiger partial charge in [0.15, 0.2) is 0 Å². The summed E-state index contributed by atoms with van der Waals surface area (Å²) in [5, 5.41) is 6.16. The maximum atomic E-state index is 12.7. The molecule has 3 aromatic rings. The molecule has 0 unspecified atom stereocenters. The van der Waals surface area contributed by atoms with E-state index in [0.29, 0.717) is 29.8 Å². The maximum absolute atomic E-state index is 12.7. The first-order chi connectivity index (χ1) is 15.1. The molecule has 1 amide bonds. The number of rotatable bonds is 7. The Morgan fingerprint density at radius 1 is 0.968 bits per heavy atom. The van der Waals surface area contributed by atoms with Crippen molar-refractivity contribution in [2.45, 2.75) is 31.7 Å². The average Bonchev–Trinajstić information content (AvgIpc) is 3.35. The summed E-state index contributed by atoms with van der Waals surface area (Å²) < 4.78 is 0. The van der Waals surface area contributed by atoms with Gasteiger partial charge in [-0.05, 0) is 66.8 Å². The zero-order valence-corrected chi connectivity index (χ0v) is 17.4. The van der Waals surface area contributed by atoms with Crippen LogP contribution in [-0.4, -0.2) is 24.3 Å². The second-order valence-corrected chi connectivity index (χ2v) is 7.93. The molecule has 0 saturated carbocycles. The molecule has 1 heterocycles. The number of nitrogen functional groups attached to an aromatic ring is 1. The van der Waals surface area contributed by atoms with E-state index in [1.165, 1.54) is 0 Å². The largest absolute Gasteiger partial charge is 0.397 e. The van der Waals surface area contributed by atoms with Gasteiger partial charge >= 0.3 is 0 Å². The summed E-state index contributed by atoms with van der Waals surface area (Å²) in [6, 6.07) is 23.0. The van der Waals surface area contributed by atoms with Crippen molar-refractivity contribution < 1.29 is 9.59 Å². The molecule has 1 saturated heterocycles. The molecule has 1 fully saturated rings. The van der Waals surface area contributed by atoms with Gasteiger partial charge in [-0.1, -0.05) is 48.5 Å². The van der Waals surface area contributed by atoms with Crippen LogP contribution in [0.4, 0.5) is 11.4 Å². The van der Waals surface area contributed by atoms with Crippen molar-refractivity contribution in [3.8, 4) is 11.1 Å². The Kier molecular flexibility index (Phi) is 6.43. The average molecular weight is 414 g/mol. The zero-order chi connectivity index (χ0) is 21.6. The Labute approximate surface area is 182 Å². The molecule has 4 rings (SSSR count). The number of amides is 1. The Morgan fingerprint density at radius 2 is 1.74 bits per heavy atom. The summed E-state index contributed by atoms with van der Waals surface area (Å²) in [6.07, 6.45) is 3.21. The van der Waals surface area contributed by atoms with E-state index in [0.717, 1.165) is 36.1 Å². The molecule has 0 aliphatic carbocycles. The third-order valence-electron chi connectivity index (χ3n) is 5.73. The molecule has 0 spiro atoms. The molecule has 5 heteroatoms. The molecule has 0 bridgehead atoms. The Morgan fingerprint density at radius 3 is 2.45 bits per heavy atom. The summed E-state index contributed by atoms with van der Waals surface area (Å²) >= 11 is 0. The third kappa shape index (κ3) is 5.19. The van der Waals surface area contributed by atoms with Crippen molar-refractivity contribution in [1.82, 2.24) is 5.32 Å². The molecule has 1 atom stereocenters. The molecule has 158 valence electrons. The Bertz CT molecular complexity index is 1060. The highest BCUT2D eigenvalue weighted by atomic mass is 16.1. The number of benzene rings is 3. The molecule has 1 aliphatic heterocycles. The highest BCUT2D eigenvalue weighted by Gasteiger charge is 2.21. The predicted molar refractivity (Wildman–Crippen MR) is 125 cm³/mol. The van der Waals surface area contributed by atoms with Crippen molar-refractivity contribution >= 4 is 23.1 Å². The van der Waals surface area contributed by atoms with E-state index >= 15 is 0 Å². The molecule has 31 heavy (non-hydrogen) atoms. The number of nitrogens with two attached hydrogens (primary N) is 1. The minimum atomic E-state index is -0.213. The summed E-state index contributed by atoms with van der Waals surface area (Å²) in [5.74, 6) is 0.0581. The highest BCUT2D eigenvalue weighted by molar-refractivity contribution is 6.06. The van der Waals surface area contributed by atoms with E-state index in [9.17, 15) is 9.59 Å². The first-order valence-electron chi connectivity index (χ1n) is 10.7. The first kappa shape index (κ1) is 20.8. The number of hydrogen-bond donors (Lipinski definition) is 3. The lowest BCUT2D eigenvalue weighted by molar-refractivity contribution is -0.120. The molecular weight excluding hydrogens is 386 g/mol. The molecule has 0 radical (unpaired) electrons. The lowest BCUT2D eigenvalue weighted by atomic mass is 10.0. The second kappa shape index (κ2) is 9.58. The van der Waals surface area contributed by atoms with Crippen LogP contribution < -0.4 is 16.4 Å². The van der Waals surface area contributed by atoms with E-state index in [4.69, 9.17) is 5.73 Å². The van der Waals surface area contributed by atoms with Crippen molar-refractivity contribution in [3.05, 3.63) is 83.9 Å². The van der Waals surface area contributed by atoms with Gasteiger partial charge in [-0.2, -0.15) is 0 Å². The van der Waals surface area contributed by atoms with Gasteiger partial charge in [0.05, 0.1) is 17.4 Å². The number of anilines is 2. The zero-order valence-electron chi connectivity index (χ0n) is 17.4. The third-order valence-corrected chi connectivity index (χ3v) is 5.73. The smallest absolute Gasteiger partial charge is 0.255 e. The van der Waals surface area contributed by atoms with Crippen LogP contribution in [0.3, 0.4) is 0 Å². The molecule has 5 nitrogen and oxygen atoms in total. The lowest BCUT2D eigenvalue weighted by Gasteiger charge is -2.11. The summed E-state index contributed by atoms with van der Waals surface area (Å²) in [7, 11) is 0. The summed E-state index contributed by atoms with van der Waals surface area (Å²) in [5.41, 5.74) is 10.8. The molecule has 3 aromatic carbocycles. The Hall–Kier alpha value is -3.44. The van der Waals surface area contributed by atoms with Crippen LogP contribution in [0.2, 0.25) is 0 Å². The van der Waals surface area contributed by atoms with Gasteiger partial charge in [0.25, 0.3) is 5.91 Å². The number of carbonyl (C=O) groups excluding carboxylic acids is 2. The highest BCUT2D eigenvalue weighted by Crippen LogP contribution is 2.27. The van der Waals surface area contributed by atoms with E-state index in [-0.39, 0.29) is 17.7 Å². The monoisotopic (exact) mass is 413 g/mol. The van der Waals surface area contributed by atoms with E-state index in [1.807, 2.05) is 54.6 Å². The number of nitrogens with one attached hydrogen (secondary N) is 2. The fourth-order valence-corrected chi connectivity index (χ4v) is 3.89. The minimum absolute atomic E-state index is 0.0159. The van der Waals surface area contributed by atoms with E-state index in [2.05, 4.69) is 10.6 Å². The molecule has 1 aliphatic rings. The van der Waals surface area contributed by atoms with Crippen LogP contribution in [0.15, 0.2) is 72.8 Å². The second-order valence-electron chi connectivity index (χ2n) is 7.93. The number of ketones is 1. The number of aryl methyl sites for hydroxylation is 1. The molecular formula is C26H27N3O2. The lowest BCUT2D eigenvalue weighted by Crippen LogP contribution is -2.30. The van der Waals surface area contributed by atoms with Crippen LogP contribution in [0, 0.1) is 0 Å². The fraction of sp³-hybridized carbons (Fsp3) is 0.231. The van der Waals surface area contributed by atoms with Crippen molar-refractivity contribution in [3.63, 3.8) is 0 Å². The van der Waals surface area contributed by atoms with Crippen LogP contribution >= 0.6 is 0 Å². The maximum Gasteiger partial charge on any atom is 0.255 e. The minimum Gasteiger partial charge on any atom is -0.397 e. The van der Waals surface area contributed by atoms with Gasteiger partial charge in [-0.3, -0.25) is 9.59 Å². The van der Waals surface area contributed by atoms with Crippen LogP contribution in [-0.2, 0) is 11.2 Å².